The number of carbonyl (C=O) groups is 2. The fraction of sp³-hybridized carbons (Fsp3) is 0.385. The van der Waals surface area contributed by atoms with Crippen LogP contribution in [-0.4, -0.2) is 18.9 Å². The second kappa shape index (κ2) is 6.05. The van der Waals surface area contributed by atoms with Crippen LogP contribution in [0.15, 0.2) is 12.1 Å². The summed E-state index contributed by atoms with van der Waals surface area (Å²) in [6, 6.07) is 3.17. The highest BCUT2D eigenvalue weighted by molar-refractivity contribution is 5.96. The molecule has 0 saturated carbocycles. The number of methoxy groups -OCH3 is 1. The molecule has 0 aromatic heterocycles. The van der Waals surface area contributed by atoms with E-state index in [0.717, 1.165) is 5.56 Å². The summed E-state index contributed by atoms with van der Waals surface area (Å²) in [5.41, 5.74) is 1.30. The van der Waals surface area contributed by atoms with E-state index in [-0.39, 0.29) is 11.5 Å². The van der Waals surface area contributed by atoms with Gasteiger partial charge in [0, 0.05) is 18.1 Å². The number of benzene rings is 1. The number of ketones is 1. The Morgan fingerprint density at radius 3 is 2.33 bits per heavy atom. The van der Waals surface area contributed by atoms with Gasteiger partial charge in [-0.3, -0.25) is 14.6 Å². The van der Waals surface area contributed by atoms with Crippen LogP contribution in [0.4, 0.5) is 0 Å². The molecule has 5 heteroatoms. The van der Waals surface area contributed by atoms with E-state index in [1.165, 1.54) is 27.0 Å². The zero-order valence-electron chi connectivity index (χ0n) is 10.9. The summed E-state index contributed by atoms with van der Waals surface area (Å²) in [7, 11) is 1.47. The van der Waals surface area contributed by atoms with Crippen molar-refractivity contribution in [1.82, 2.24) is 0 Å². The lowest BCUT2D eigenvalue weighted by Crippen LogP contribution is -2.07. The molecule has 0 bridgehead atoms. The lowest BCUT2D eigenvalue weighted by molar-refractivity contribution is -0.211. The molecule has 0 unspecified atom stereocenters. The summed E-state index contributed by atoms with van der Waals surface area (Å²) < 4.78 is 5.22. The molecule has 0 aliphatic heterocycles. The topological polar surface area (TPSA) is 61.8 Å². The third-order valence-electron chi connectivity index (χ3n) is 2.41. The van der Waals surface area contributed by atoms with Crippen molar-refractivity contribution in [3.63, 3.8) is 0 Å². The zero-order valence-corrected chi connectivity index (χ0v) is 10.9. The van der Waals surface area contributed by atoms with E-state index in [2.05, 4.69) is 4.89 Å². The van der Waals surface area contributed by atoms with E-state index in [4.69, 9.17) is 9.62 Å². The molecular weight excluding hydrogens is 236 g/mol. The van der Waals surface area contributed by atoms with Gasteiger partial charge in [-0.25, -0.2) is 4.79 Å². The molecule has 0 heterocycles. The minimum atomic E-state index is -0.564. The van der Waals surface area contributed by atoms with Gasteiger partial charge in [-0.2, -0.15) is 0 Å². The number of hydrogen-bond donors (Lipinski definition) is 0. The molecule has 0 spiro atoms. The number of rotatable bonds is 5. The minimum Gasteiger partial charge on any atom is -0.492 e. The summed E-state index contributed by atoms with van der Waals surface area (Å²) in [4.78, 5) is 31.5. The number of Topliss-reactive ketones (excluding diaryl/α,β-unsaturated/α-hetero) is 1. The molecule has 1 aromatic carbocycles. The standard InChI is InChI=1S/C13H16O5/c1-5-10-11(8(2)14)6-7-12(13(10)16-4)18-17-9(3)15/h6-7H,5H2,1-4H3. The van der Waals surface area contributed by atoms with Crippen molar-refractivity contribution in [2.24, 2.45) is 0 Å². The third kappa shape index (κ3) is 3.00. The summed E-state index contributed by atoms with van der Waals surface area (Å²) in [6.45, 7) is 4.62. The highest BCUT2D eigenvalue weighted by Gasteiger charge is 2.17. The third-order valence-corrected chi connectivity index (χ3v) is 2.41. The van der Waals surface area contributed by atoms with Crippen molar-refractivity contribution < 1.29 is 24.1 Å². The Morgan fingerprint density at radius 1 is 1.22 bits per heavy atom. The molecule has 18 heavy (non-hydrogen) atoms. The van der Waals surface area contributed by atoms with Gasteiger partial charge in [-0.1, -0.05) is 6.92 Å². The van der Waals surface area contributed by atoms with Crippen molar-refractivity contribution in [2.75, 3.05) is 7.11 Å². The zero-order chi connectivity index (χ0) is 13.7. The van der Waals surface area contributed by atoms with E-state index in [0.29, 0.717) is 17.7 Å². The second-order valence-electron chi connectivity index (χ2n) is 3.69. The normalized spacial score (nSPS) is 9.78. The second-order valence-corrected chi connectivity index (χ2v) is 3.69. The van der Waals surface area contributed by atoms with Crippen LogP contribution in [-0.2, 0) is 16.1 Å². The van der Waals surface area contributed by atoms with Gasteiger partial charge in [-0.05, 0) is 25.5 Å². The number of carbonyl (C=O) groups excluding carboxylic acids is 2. The first-order chi connectivity index (χ1) is 8.51. The molecule has 0 fully saturated rings. The van der Waals surface area contributed by atoms with Crippen LogP contribution < -0.4 is 9.62 Å². The highest BCUT2D eigenvalue weighted by atomic mass is 17.2. The highest BCUT2D eigenvalue weighted by Crippen LogP contribution is 2.34. The van der Waals surface area contributed by atoms with Gasteiger partial charge in [0.2, 0.25) is 5.75 Å². The lowest BCUT2D eigenvalue weighted by atomic mass is 10.0. The molecule has 0 aliphatic rings. The fourth-order valence-corrected chi connectivity index (χ4v) is 1.68. The predicted octanol–water partition coefficient (Wildman–Crippen LogP) is 2.32. The Kier molecular flexibility index (Phi) is 4.71. The average molecular weight is 252 g/mol. The Balaban J connectivity index is 3.21. The maximum Gasteiger partial charge on any atom is 0.352 e. The summed E-state index contributed by atoms with van der Waals surface area (Å²) >= 11 is 0. The molecule has 98 valence electrons. The molecular formula is C13H16O5. The molecule has 0 atom stereocenters. The molecule has 5 nitrogen and oxygen atoms in total. The Bertz CT molecular complexity index is 465. The van der Waals surface area contributed by atoms with Crippen LogP contribution in [0.3, 0.4) is 0 Å². The number of hydrogen-bond acceptors (Lipinski definition) is 5. The van der Waals surface area contributed by atoms with Crippen molar-refractivity contribution in [2.45, 2.75) is 27.2 Å². The largest absolute Gasteiger partial charge is 0.492 e. The van der Waals surface area contributed by atoms with E-state index in [9.17, 15) is 9.59 Å². The smallest absolute Gasteiger partial charge is 0.352 e. The maximum absolute atomic E-state index is 11.5. The van der Waals surface area contributed by atoms with Crippen molar-refractivity contribution in [3.05, 3.63) is 23.3 Å². The molecule has 0 saturated heterocycles. The maximum atomic E-state index is 11.5. The van der Waals surface area contributed by atoms with Crippen molar-refractivity contribution >= 4 is 11.8 Å². The first-order valence-electron chi connectivity index (χ1n) is 5.57. The fourth-order valence-electron chi connectivity index (χ4n) is 1.68. The summed E-state index contributed by atoms with van der Waals surface area (Å²) in [5.74, 6) is 0.0657. The first kappa shape index (κ1) is 14.0. The minimum absolute atomic E-state index is 0.0517. The van der Waals surface area contributed by atoms with Crippen molar-refractivity contribution in [3.8, 4) is 11.5 Å². The monoisotopic (exact) mass is 252 g/mol. The van der Waals surface area contributed by atoms with Gasteiger partial charge in [0.25, 0.3) is 0 Å². The quantitative estimate of drug-likeness (QED) is 0.457. The van der Waals surface area contributed by atoms with Crippen LogP contribution in [0.5, 0.6) is 11.5 Å². The van der Waals surface area contributed by atoms with E-state index in [1.807, 2.05) is 6.92 Å². The predicted molar refractivity (Wildman–Crippen MR) is 64.8 cm³/mol. The average Bonchev–Trinajstić information content (AvgIpc) is 2.34. The van der Waals surface area contributed by atoms with Gasteiger partial charge in [0.05, 0.1) is 7.11 Å². The molecule has 0 radical (unpaired) electrons. The molecule has 0 N–H and O–H groups in total. The molecule has 1 aromatic rings. The SMILES string of the molecule is CCc1c(C(C)=O)ccc(OOC(C)=O)c1OC. The van der Waals surface area contributed by atoms with Crippen LogP contribution in [0.2, 0.25) is 0 Å². The van der Waals surface area contributed by atoms with Gasteiger partial charge < -0.3 is 4.74 Å². The summed E-state index contributed by atoms with van der Waals surface area (Å²) in [5, 5.41) is 0. The lowest BCUT2D eigenvalue weighted by Gasteiger charge is -2.14. The van der Waals surface area contributed by atoms with E-state index in [1.54, 1.807) is 6.07 Å². The van der Waals surface area contributed by atoms with Gasteiger partial charge in [0.15, 0.2) is 11.5 Å². The van der Waals surface area contributed by atoms with Gasteiger partial charge in [0.1, 0.15) is 0 Å². The molecule has 0 aliphatic carbocycles. The Labute approximate surface area is 106 Å². The van der Waals surface area contributed by atoms with E-state index >= 15 is 0 Å². The van der Waals surface area contributed by atoms with Crippen LogP contribution in [0.1, 0.15) is 36.7 Å². The summed E-state index contributed by atoms with van der Waals surface area (Å²) in [6.07, 6.45) is 0.607. The Morgan fingerprint density at radius 2 is 1.89 bits per heavy atom. The first-order valence-corrected chi connectivity index (χ1v) is 5.57. The van der Waals surface area contributed by atoms with Crippen LogP contribution in [0.25, 0.3) is 0 Å². The van der Waals surface area contributed by atoms with Crippen LogP contribution in [0, 0.1) is 0 Å². The van der Waals surface area contributed by atoms with Gasteiger partial charge >= 0.3 is 5.97 Å². The molecule has 0 amide bonds. The van der Waals surface area contributed by atoms with Crippen molar-refractivity contribution in [1.29, 1.82) is 0 Å². The Hall–Kier alpha value is -2.04. The molecule has 1 rings (SSSR count). The van der Waals surface area contributed by atoms with E-state index < -0.39 is 5.97 Å². The van der Waals surface area contributed by atoms with Gasteiger partial charge in [-0.15, -0.1) is 0 Å². The van der Waals surface area contributed by atoms with Crippen LogP contribution >= 0.6 is 0 Å². The number of ether oxygens (including phenoxy) is 1.